The van der Waals surface area contributed by atoms with Gasteiger partial charge in [-0.1, -0.05) is 25.7 Å². The van der Waals surface area contributed by atoms with Crippen LogP contribution in [0.15, 0.2) is 24.3 Å². The van der Waals surface area contributed by atoms with Gasteiger partial charge in [0.15, 0.2) is 6.61 Å². The van der Waals surface area contributed by atoms with Crippen molar-refractivity contribution >= 4 is 11.8 Å². The molecular weight excluding hydrogens is 268 g/mol. The summed E-state index contributed by atoms with van der Waals surface area (Å²) in [7, 11) is 0. The number of hydrogen-bond acceptors (Lipinski definition) is 3. The van der Waals surface area contributed by atoms with E-state index in [0.717, 1.165) is 12.8 Å². The fourth-order valence-electron chi connectivity index (χ4n) is 2.56. The molecular formula is C16H22N2O3. The Labute approximate surface area is 124 Å². The van der Waals surface area contributed by atoms with E-state index >= 15 is 0 Å². The highest BCUT2D eigenvalue weighted by Gasteiger charge is 2.14. The maximum absolute atomic E-state index is 11.9. The number of nitrogens with one attached hydrogen (secondary N) is 1. The van der Waals surface area contributed by atoms with E-state index in [2.05, 4.69) is 5.32 Å². The third-order valence-electron chi connectivity index (χ3n) is 3.73. The lowest BCUT2D eigenvalue weighted by molar-refractivity contribution is -0.123. The minimum Gasteiger partial charge on any atom is -0.484 e. The molecule has 0 atom stereocenters. The largest absolute Gasteiger partial charge is 0.484 e. The summed E-state index contributed by atoms with van der Waals surface area (Å²) < 4.78 is 5.41. The van der Waals surface area contributed by atoms with E-state index in [1.165, 1.54) is 25.7 Å². The van der Waals surface area contributed by atoms with Crippen LogP contribution in [0, 0.1) is 0 Å². The van der Waals surface area contributed by atoms with E-state index in [4.69, 9.17) is 10.5 Å². The van der Waals surface area contributed by atoms with Crippen LogP contribution in [0.5, 0.6) is 5.75 Å². The second-order valence-corrected chi connectivity index (χ2v) is 5.43. The lowest BCUT2D eigenvalue weighted by Crippen LogP contribution is -2.37. The molecule has 3 N–H and O–H groups in total. The summed E-state index contributed by atoms with van der Waals surface area (Å²) in [6.45, 7) is -0.00752. The van der Waals surface area contributed by atoms with Gasteiger partial charge in [-0.15, -0.1) is 0 Å². The highest BCUT2D eigenvalue weighted by atomic mass is 16.5. The second kappa shape index (κ2) is 7.67. The summed E-state index contributed by atoms with van der Waals surface area (Å²) in [6, 6.07) is 6.72. The number of carbonyl (C=O) groups is 2. The minimum atomic E-state index is -0.479. The molecule has 1 saturated carbocycles. The normalized spacial score (nSPS) is 16.0. The third kappa shape index (κ3) is 5.10. The maximum atomic E-state index is 11.9. The smallest absolute Gasteiger partial charge is 0.258 e. The van der Waals surface area contributed by atoms with E-state index in [1.807, 2.05) is 0 Å². The minimum absolute atomic E-state index is 0.00752. The summed E-state index contributed by atoms with van der Waals surface area (Å²) in [4.78, 5) is 22.8. The molecule has 0 saturated heterocycles. The predicted octanol–water partition coefficient (Wildman–Crippen LogP) is 2.00. The van der Waals surface area contributed by atoms with Gasteiger partial charge in [0.1, 0.15) is 5.75 Å². The molecule has 0 heterocycles. The van der Waals surface area contributed by atoms with Gasteiger partial charge < -0.3 is 15.8 Å². The van der Waals surface area contributed by atoms with E-state index in [0.29, 0.717) is 11.3 Å². The Balaban J connectivity index is 1.76. The van der Waals surface area contributed by atoms with Gasteiger partial charge in [0.05, 0.1) is 0 Å². The molecule has 1 aromatic rings. The number of carbonyl (C=O) groups excluding carboxylic acids is 2. The molecule has 0 aliphatic heterocycles. The van der Waals surface area contributed by atoms with Gasteiger partial charge in [-0.25, -0.2) is 0 Å². The highest BCUT2D eigenvalue weighted by Crippen LogP contribution is 2.17. The van der Waals surface area contributed by atoms with Crippen molar-refractivity contribution in [2.75, 3.05) is 6.61 Å². The molecule has 0 spiro atoms. The number of benzene rings is 1. The Morgan fingerprint density at radius 1 is 1.10 bits per heavy atom. The second-order valence-electron chi connectivity index (χ2n) is 5.43. The molecule has 1 aliphatic rings. The summed E-state index contributed by atoms with van der Waals surface area (Å²) in [5.74, 6) is -0.0236. The van der Waals surface area contributed by atoms with Crippen LogP contribution < -0.4 is 15.8 Å². The van der Waals surface area contributed by atoms with Crippen molar-refractivity contribution in [2.45, 2.75) is 44.6 Å². The quantitative estimate of drug-likeness (QED) is 0.814. The van der Waals surface area contributed by atoms with Crippen molar-refractivity contribution in [1.82, 2.24) is 5.32 Å². The van der Waals surface area contributed by atoms with Crippen LogP contribution in [0.3, 0.4) is 0 Å². The number of hydrogen-bond donors (Lipinski definition) is 2. The Hall–Kier alpha value is -2.04. The molecule has 1 aliphatic carbocycles. The molecule has 0 radical (unpaired) electrons. The maximum Gasteiger partial charge on any atom is 0.258 e. The van der Waals surface area contributed by atoms with Crippen LogP contribution in [0.2, 0.25) is 0 Å². The number of primary amides is 1. The van der Waals surface area contributed by atoms with E-state index in [-0.39, 0.29) is 18.6 Å². The van der Waals surface area contributed by atoms with Crippen LogP contribution in [0.1, 0.15) is 48.9 Å². The Morgan fingerprint density at radius 3 is 2.29 bits per heavy atom. The molecule has 1 aromatic carbocycles. The standard InChI is InChI=1S/C16H22N2O3/c17-16(20)12-7-9-14(10-8-12)21-11-15(19)18-13-5-3-1-2-4-6-13/h7-10,13H,1-6,11H2,(H2,17,20)(H,18,19). The first-order valence-electron chi connectivity index (χ1n) is 7.47. The van der Waals surface area contributed by atoms with Crippen LogP contribution in [0.25, 0.3) is 0 Å². The molecule has 5 heteroatoms. The fourth-order valence-corrected chi connectivity index (χ4v) is 2.56. The zero-order chi connectivity index (χ0) is 15.1. The molecule has 21 heavy (non-hydrogen) atoms. The van der Waals surface area contributed by atoms with E-state index in [9.17, 15) is 9.59 Å². The average Bonchev–Trinajstić information content (AvgIpc) is 2.74. The number of rotatable bonds is 5. The van der Waals surface area contributed by atoms with Crippen molar-refractivity contribution in [3.05, 3.63) is 29.8 Å². The number of ether oxygens (including phenoxy) is 1. The van der Waals surface area contributed by atoms with Gasteiger partial charge in [0.2, 0.25) is 5.91 Å². The number of nitrogens with two attached hydrogens (primary N) is 1. The van der Waals surface area contributed by atoms with Gasteiger partial charge in [-0.2, -0.15) is 0 Å². The van der Waals surface area contributed by atoms with Gasteiger partial charge in [-0.3, -0.25) is 9.59 Å². The van der Waals surface area contributed by atoms with E-state index in [1.54, 1.807) is 24.3 Å². The van der Waals surface area contributed by atoms with Crippen molar-refractivity contribution in [1.29, 1.82) is 0 Å². The summed E-state index contributed by atoms with van der Waals surface area (Å²) in [5.41, 5.74) is 5.58. The first-order valence-corrected chi connectivity index (χ1v) is 7.47. The average molecular weight is 290 g/mol. The fraction of sp³-hybridized carbons (Fsp3) is 0.500. The van der Waals surface area contributed by atoms with Crippen molar-refractivity contribution < 1.29 is 14.3 Å². The Bertz CT molecular complexity index is 477. The molecule has 114 valence electrons. The number of amides is 2. The molecule has 1 fully saturated rings. The van der Waals surface area contributed by atoms with Gasteiger partial charge in [0, 0.05) is 11.6 Å². The zero-order valence-corrected chi connectivity index (χ0v) is 12.1. The molecule has 2 rings (SSSR count). The van der Waals surface area contributed by atoms with Crippen LogP contribution in [-0.4, -0.2) is 24.5 Å². The van der Waals surface area contributed by atoms with Crippen molar-refractivity contribution in [3.63, 3.8) is 0 Å². The van der Waals surface area contributed by atoms with Gasteiger partial charge in [0.25, 0.3) is 5.91 Å². The van der Waals surface area contributed by atoms with Gasteiger partial charge >= 0.3 is 0 Å². The summed E-state index contributed by atoms with van der Waals surface area (Å²) >= 11 is 0. The summed E-state index contributed by atoms with van der Waals surface area (Å²) in [6.07, 6.45) is 6.99. The molecule has 2 amide bonds. The monoisotopic (exact) mass is 290 g/mol. The SMILES string of the molecule is NC(=O)c1ccc(OCC(=O)NC2CCCCCC2)cc1. The van der Waals surface area contributed by atoms with Gasteiger partial charge in [-0.05, 0) is 37.1 Å². The Kier molecular flexibility index (Phi) is 5.60. The van der Waals surface area contributed by atoms with Crippen LogP contribution >= 0.6 is 0 Å². The van der Waals surface area contributed by atoms with Crippen molar-refractivity contribution in [3.8, 4) is 5.75 Å². The Morgan fingerprint density at radius 2 is 1.71 bits per heavy atom. The highest BCUT2D eigenvalue weighted by molar-refractivity contribution is 5.92. The predicted molar refractivity (Wildman–Crippen MR) is 80.1 cm³/mol. The summed E-state index contributed by atoms with van der Waals surface area (Å²) in [5, 5.41) is 3.02. The third-order valence-corrected chi connectivity index (χ3v) is 3.73. The molecule has 0 aromatic heterocycles. The van der Waals surface area contributed by atoms with Crippen molar-refractivity contribution in [2.24, 2.45) is 5.73 Å². The molecule has 5 nitrogen and oxygen atoms in total. The van der Waals surface area contributed by atoms with Crippen LogP contribution in [0.4, 0.5) is 0 Å². The first-order chi connectivity index (χ1) is 10.1. The topological polar surface area (TPSA) is 81.4 Å². The first kappa shape index (κ1) is 15.4. The van der Waals surface area contributed by atoms with E-state index < -0.39 is 5.91 Å². The zero-order valence-electron chi connectivity index (χ0n) is 12.1. The van der Waals surface area contributed by atoms with Crippen LogP contribution in [-0.2, 0) is 4.79 Å². The lowest BCUT2D eigenvalue weighted by Gasteiger charge is -2.16. The molecule has 0 unspecified atom stereocenters. The molecule has 0 bridgehead atoms. The lowest BCUT2D eigenvalue weighted by atomic mass is 10.1.